The van der Waals surface area contributed by atoms with Gasteiger partial charge in [0.25, 0.3) is 0 Å². The van der Waals surface area contributed by atoms with Gasteiger partial charge in [-0.3, -0.25) is 14.4 Å². The molecule has 33 heavy (non-hydrogen) atoms. The molecule has 2 aromatic carbocycles. The molecule has 2 atom stereocenters. The molecule has 1 aromatic heterocycles. The second-order valence-electron chi connectivity index (χ2n) is 8.37. The van der Waals surface area contributed by atoms with Crippen molar-refractivity contribution in [2.45, 2.75) is 31.7 Å². The first-order chi connectivity index (χ1) is 15.7. The van der Waals surface area contributed by atoms with Crippen molar-refractivity contribution in [3.05, 3.63) is 89.0 Å². The lowest BCUT2D eigenvalue weighted by Crippen LogP contribution is -2.32. The summed E-state index contributed by atoms with van der Waals surface area (Å²) in [4.78, 5) is 14.9. The average Bonchev–Trinajstić information content (AvgIpc) is 3.38. The van der Waals surface area contributed by atoms with E-state index in [1.165, 1.54) is 18.2 Å². The minimum atomic E-state index is -4.44. The molecule has 0 bridgehead atoms. The Balaban J connectivity index is 1.52. The van der Waals surface area contributed by atoms with E-state index in [0.717, 1.165) is 17.7 Å². The number of hydrogen-bond acceptors (Lipinski definition) is 3. The van der Waals surface area contributed by atoms with Crippen molar-refractivity contribution in [1.29, 1.82) is 0 Å². The molecule has 0 saturated carbocycles. The number of nitrogens with zero attached hydrogens (tertiary/aromatic N) is 3. The zero-order valence-corrected chi connectivity index (χ0v) is 18.0. The van der Waals surface area contributed by atoms with E-state index in [1.54, 1.807) is 36.1 Å². The highest BCUT2D eigenvalue weighted by molar-refractivity contribution is 5.79. The molecule has 1 saturated heterocycles. The summed E-state index contributed by atoms with van der Waals surface area (Å²) in [5.41, 5.74) is 1.37. The van der Waals surface area contributed by atoms with Gasteiger partial charge in [-0.05, 0) is 41.8 Å². The van der Waals surface area contributed by atoms with E-state index in [2.05, 4.69) is 10.4 Å². The molecule has 0 spiro atoms. The Morgan fingerprint density at radius 1 is 1.15 bits per heavy atom. The molecule has 2 heterocycles. The van der Waals surface area contributed by atoms with Crippen molar-refractivity contribution >= 4 is 5.91 Å². The van der Waals surface area contributed by atoms with Crippen LogP contribution in [0.1, 0.15) is 34.7 Å². The third kappa shape index (κ3) is 5.60. The maximum absolute atomic E-state index is 13.4. The zero-order valence-electron chi connectivity index (χ0n) is 18.0. The van der Waals surface area contributed by atoms with Crippen LogP contribution in [-0.4, -0.2) is 27.1 Å². The third-order valence-electron chi connectivity index (χ3n) is 5.87. The number of likely N-dealkylation sites (tertiary alicyclic amines) is 1. The lowest BCUT2D eigenvalue weighted by Gasteiger charge is -2.24. The van der Waals surface area contributed by atoms with Crippen molar-refractivity contribution in [2.24, 2.45) is 13.0 Å². The fourth-order valence-corrected chi connectivity index (χ4v) is 4.31. The van der Waals surface area contributed by atoms with E-state index in [1.807, 2.05) is 11.1 Å². The van der Waals surface area contributed by atoms with Gasteiger partial charge in [0.2, 0.25) is 5.91 Å². The van der Waals surface area contributed by atoms with Crippen LogP contribution in [0.2, 0.25) is 0 Å². The van der Waals surface area contributed by atoms with Crippen molar-refractivity contribution in [1.82, 2.24) is 20.0 Å². The number of hydrogen-bond donors (Lipinski definition) is 1. The largest absolute Gasteiger partial charge is 0.416 e. The fraction of sp³-hybridized carbons (Fsp3) is 0.333. The summed E-state index contributed by atoms with van der Waals surface area (Å²) in [5.74, 6) is -0.991. The number of halogens is 4. The van der Waals surface area contributed by atoms with Crippen LogP contribution in [0.3, 0.4) is 0 Å². The van der Waals surface area contributed by atoms with Gasteiger partial charge in [-0.25, -0.2) is 4.39 Å². The number of amides is 1. The van der Waals surface area contributed by atoms with E-state index in [4.69, 9.17) is 0 Å². The summed E-state index contributed by atoms with van der Waals surface area (Å²) in [6.07, 6.45) is -0.498. The number of carbonyl (C=O) groups excluding carboxylic acids is 1. The number of nitrogens with one attached hydrogen (secondary N) is 1. The molecule has 4 rings (SSSR count). The summed E-state index contributed by atoms with van der Waals surface area (Å²) < 4.78 is 54.9. The van der Waals surface area contributed by atoms with Crippen molar-refractivity contribution in [3.63, 3.8) is 0 Å². The maximum Gasteiger partial charge on any atom is 0.416 e. The monoisotopic (exact) mass is 460 g/mol. The van der Waals surface area contributed by atoms with E-state index >= 15 is 0 Å². The first kappa shape index (κ1) is 23.0. The molecule has 0 radical (unpaired) electrons. The summed E-state index contributed by atoms with van der Waals surface area (Å²) in [6, 6.07) is 10.9. The van der Waals surface area contributed by atoms with Gasteiger partial charge < -0.3 is 5.32 Å². The van der Waals surface area contributed by atoms with E-state index in [-0.39, 0.29) is 24.3 Å². The molecule has 5 nitrogen and oxygen atoms in total. The first-order valence-electron chi connectivity index (χ1n) is 10.6. The molecule has 1 N–H and O–H groups in total. The highest BCUT2D eigenvalue weighted by Crippen LogP contribution is 2.39. The molecule has 9 heteroatoms. The molecule has 0 aliphatic carbocycles. The summed E-state index contributed by atoms with van der Waals surface area (Å²) in [6.45, 7) is 1.04. The zero-order chi connectivity index (χ0) is 23.6. The first-order valence-corrected chi connectivity index (χ1v) is 10.6. The minimum Gasteiger partial charge on any atom is -0.352 e. The molecule has 1 aliphatic heterocycles. The normalized spacial score (nSPS) is 19.1. The topological polar surface area (TPSA) is 50.2 Å². The number of rotatable bonds is 6. The number of alkyl halides is 3. The lowest BCUT2D eigenvalue weighted by molar-refractivity contribution is -0.137. The fourth-order valence-electron chi connectivity index (χ4n) is 4.31. The molecular weight excluding hydrogens is 436 g/mol. The third-order valence-corrected chi connectivity index (χ3v) is 5.87. The maximum atomic E-state index is 13.4. The lowest BCUT2D eigenvalue weighted by atomic mass is 9.97. The van der Waals surface area contributed by atoms with Gasteiger partial charge in [0.15, 0.2) is 0 Å². The summed E-state index contributed by atoms with van der Waals surface area (Å²) in [7, 11) is 1.79. The predicted octanol–water partition coefficient (Wildman–Crippen LogP) is 4.46. The quantitative estimate of drug-likeness (QED) is 0.553. The molecule has 1 amide bonds. The Morgan fingerprint density at radius 3 is 2.64 bits per heavy atom. The Labute approximate surface area is 189 Å². The second kappa shape index (κ2) is 9.35. The van der Waals surface area contributed by atoms with Crippen LogP contribution in [0.25, 0.3) is 0 Å². The number of aryl methyl sites for hydroxylation is 1. The highest BCUT2D eigenvalue weighted by atomic mass is 19.4. The Morgan fingerprint density at radius 2 is 1.94 bits per heavy atom. The van der Waals surface area contributed by atoms with Crippen LogP contribution in [0, 0.1) is 11.7 Å². The van der Waals surface area contributed by atoms with Crippen LogP contribution in [0.5, 0.6) is 0 Å². The second-order valence-corrected chi connectivity index (χ2v) is 8.37. The van der Waals surface area contributed by atoms with Gasteiger partial charge in [-0.1, -0.05) is 24.3 Å². The van der Waals surface area contributed by atoms with Gasteiger partial charge in [0, 0.05) is 44.5 Å². The molecule has 0 unspecified atom stereocenters. The number of aromatic nitrogens is 2. The van der Waals surface area contributed by atoms with E-state index < -0.39 is 17.7 Å². The summed E-state index contributed by atoms with van der Waals surface area (Å²) >= 11 is 0. The van der Waals surface area contributed by atoms with Gasteiger partial charge >= 0.3 is 6.18 Å². The van der Waals surface area contributed by atoms with Crippen LogP contribution in [-0.2, 0) is 31.1 Å². The number of benzene rings is 2. The van der Waals surface area contributed by atoms with Gasteiger partial charge in [-0.2, -0.15) is 18.3 Å². The molecule has 174 valence electrons. The smallest absolute Gasteiger partial charge is 0.352 e. The van der Waals surface area contributed by atoms with Gasteiger partial charge in [0.05, 0.1) is 17.7 Å². The number of carbonyl (C=O) groups is 1. The van der Waals surface area contributed by atoms with Crippen LogP contribution in [0.15, 0.2) is 60.9 Å². The SMILES string of the molecule is Cn1cc(CN2C[C@H](C(=O)NCc3cccc(F)c3)C[C@H]2c2cccc(C(F)(F)F)c2)cn1. The average molecular weight is 460 g/mol. The Hall–Kier alpha value is -3.20. The minimum absolute atomic E-state index is 0.184. The molecule has 1 aliphatic rings. The van der Waals surface area contributed by atoms with Crippen molar-refractivity contribution in [3.8, 4) is 0 Å². The van der Waals surface area contributed by atoms with Crippen LogP contribution >= 0.6 is 0 Å². The van der Waals surface area contributed by atoms with E-state index in [0.29, 0.717) is 30.6 Å². The van der Waals surface area contributed by atoms with Crippen molar-refractivity contribution in [2.75, 3.05) is 6.54 Å². The molecule has 3 aromatic rings. The molecular formula is C24H24F4N4O. The van der Waals surface area contributed by atoms with Crippen LogP contribution < -0.4 is 5.32 Å². The predicted molar refractivity (Wildman–Crippen MR) is 114 cm³/mol. The van der Waals surface area contributed by atoms with E-state index in [9.17, 15) is 22.4 Å². The van der Waals surface area contributed by atoms with Crippen LogP contribution in [0.4, 0.5) is 17.6 Å². The van der Waals surface area contributed by atoms with Gasteiger partial charge in [-0.15, -0.1) is 0 Å². The highest BCUT2D eigenvalue weighted by Gasteiger charge is 2.38. The standard InChI is InChI=1S/C24H24F4N4O/c1-31-13-17(12-30-31)14-32-15-19(23(33)29-11-16-4-2-7-21(25)8-16)10-22(32)18-5-3-6-20(9-18)24(26,27)28/h2-9,12-13,19,22H,10-11,14-15H2,1H3,(H,29,33)/t19-,22+/m1/s1. The van der Waals surface area contributed by atoms with Crippen molar-refractivity contribution < 1.29 is 22.4 Å². The summed E-state index contributed by atoms with van der Waals surface area (Å²) in [5, 5.41) is 6.99. The van der Waals surface area contributed by atoms with Gasteiger partial charge in [0.1, 0.15) is 5.82 Å². The Kier molecular flexibility index (Phi) is 6.51. The Bertz CT molecular complexity index is 1130. The molecule has 1 fully saturated rings.